The van der Waals surface area contributed by atoms with Crippen molar-refractivity contribution in [3.63, 3.8) is 0 Å². The van der Waals surface area contributed by atoms with Crippen molar-refractivity contribution in [3.05, 3.63) is 41.2 Å². The topological polar surface area (TPSA) is 88.1 Å². The first kappa shape index (κ1) is 20.0. The summed E-state index contributed by atoms with van der Waals surface area (Å²) in [6.07, 6.45) is 2.73. The fraction of sp³-hybridized carbons (Fsp3) is 0.500. The second-order valence-corrected chi connectivity index (χ2v) is 9.16. The molecule has 156 valence electrons. The Hall–Kier alpha value is -2.26. The number of hydrogen-bond acceptors (Lipinski definition) is 5. The van der Waals surface area contributed by atoms with E-state index in [4.69, 9.17) is 4.74 Å². The molecule has 0 aliphatic carbocycles. The van der Waals surface area contributed by atoms with E-state index in [-0.39, 0.29) is 23.0 Å². The van der Waals surface area contributed by atoms with Gasteiger partial charge in [-0.2, -0.15) is 8.42 Å². The van der Waals surface area contributed by atoms with E-state index in [0.29, 0.717) is 49.5 Å². The molecule has 2 fully saturated rings. The van der Waals surface area contributed by atoms with Gasteiger partial charge in [0.1, 0.15) is 22.7 Å². The summed E-state index contributed by atoms with van der Waals surface area (Å²) >= 11 is 0. The van der Waals surface area contributed by atoms with E-state index >= 15 is 0 Å². The average Bonchev–Trinajstić information content (AvgIpc) is 3.30. The third-order valence-electron chi connectivity index (χ3n) is 5.61. The number of amidine groups is 1. The SMILES string of the molecule is CC1=C(c2ccc(F)cc2)S(=O)(=O)N=C1N1CCC(NC(=O)[C@@H]2CCCO2)CC1. The van der Waals surface area contributed by atoms with Crippen molar-refractivity contribution in [1.82, 2.24) is 10.2 Å². The number of nitrogens with one attached hydrogen (secondary N) is 1. The van der Waals surface area contributed by atoms with Crippen LogP contribution in [0.4, 0.5) is 4.39 Å². The molecule has 1 N–H and O–H groups in total. The minimum atomic E-state index is -3.83. The monoisotopic (exact) mass is 421 g/mol. The lowest BCUT2D eigenvalue weighted by molar-refractivity contribution is -0.131. The molecule has 0 unspecified atom stereocenters. The summed E-state index contributed by atoms with van der Waals surface area (Å²) in [6.45, 7) is 3.55. The molecule has 0 saturated carbocycles. The minimum Gasteiger partial charge on any atom is -0.368 e. The van der Waals surface area contributed by atoms with Crippen LogP contribution in [0.5, 0.6) is 0 Å². The van der Waals surface area contributed by atoms with Crippen LogP contribution in [0.3, 0.4) is 0 Å². The van der Waals surface area contributed by atoms with E-state index in [9.17, 15) is 17.6 Å². The van der Waals surface area contributed by atoms with Crippen molar-refractivity contribution < 1.29 is 22.3 Å². The molecule has 0 radical (unpaired) electrons. The Kier molecular flexibility index (Phi) is 5.44. The van der Waals surface area contributed by atoms with Crippen molar-refractivity contribution in [2.75, 3.05) is 19.7 Å². The highest BCUT2D eigenvalue weighted by Crippen LogP contribution is 2.34. The first-order valence-electron chi connectivity index (χ1n) is 9.84. The zero-order valence-electron chi connectivity index (χ0n) is 16.2. The summed E-state index contributed by atoms with van der Waals surface area (Å²) in [7, 11) is -3.83. The zero-order chi connectivity index (χ0) is 20.6. The molecule has 3 aliphatic rings. The Labute approximate surface area is 169 Å². The van der Waals surface area contributed by atoms with Crippen LogP contribution in [0.15, 0.2) is 34.2 Å². The number of likely N-dealkylation sites (tertiary alicyclic amines) is 1. The lowest BCUT2D eigenvalue weighted by Crippen LogP contribution is -2.48. The van der Waals surface area contributed by atoms with E-state index in [1.54, 1.807) is 6.92 Å². The molecular formula is C20H24FN3O4S. The number of rotatable bonds is 3. The molecule has 3 aliphatic heterocycles. The van der Waals surface area contributed by atoms with E-state index < -0.39 is 15.8 Å². The maximum Gasteiger partial charge on any atom is 0.285 e. The van der Waals surface area contributed by atoms with Gasteiger partial charge < -0.3 is 15.0 Å². The number of carbonyl (C=O) groups is 1. The van der Waals surface area contributed by atoms with Crippen LogP contribution in [0.25, 0.3) is 4.91 Å². The van der Waals surface area contributed by atoms with Gasteiger partial charge in [0, 0.05) is 31.3 Å². The van der Waals surface area contributed by atoms with Gasteiger partial charge in [0.2, 0.25) is 5.91 Å². The predicted octanol–water partition coefficient (Wildman–Crippen LogP) is 2.06. The van der Waals surface area contributed by atoms with Crippen LogP contribution in [0.2, 0.25) is 0 Å². The molecule has 7 nitrogen and oxygen atoms in total. The van der Waals surface area contributed by atoms with E-state index in [1.807, 2.05) is 4.90 Å². The molecule has 29 heavy (non-hydrogen) atoms. The van der Waals surface area contributed by atoms with Gasteiger partial charge in [-0.05, 0) is 50.3 Å². The largest absolute Gasteiger partial charge is 0.368 e. The summed E-state index contributed by atoms with van der Waals surface area (Å²) in [5, 5.41) is 3.04. The molecule has 1 atom stereocenters. The maximum absolute atomic E-state index is 13.2. The molecule has 2 saturated heterocycles. The molecular weight excluding hydrogens is 397 g/mol. The van der Waals surface area contributed by atoms with Gasteiger partial charge in [0.15, 0.2) is 0 Å². The number of carbonyl (C=O) groups excluding carboxylic acids is 1. The fourth-order valence-corrected chi connectivity index (χ4v) is 5.58. The summed E-state index contributed by atoms with van der Waals surface area (Å²) in [5.74, 6) is -0.0414. The third kappa shape index (κ3) is 4.06. The van der Waals surface area contributed by atoms with Crippen LogP contribution in [0.1, 0.15) is 38.2 Å². The summed E-state index contributed by atoms with van der Waals surface area (Å²) in [6, 6.07) is 5.44. The third-order valence-corrected chi connectivity index (χ3v) is 7.08. The van der Waals surface area contributed by atoms with Crippen LogP contribution in [-0.4, -0.2) is 56.9 Å². The first-order valence-corrected chi connectivity index (χ1v) is 11.3. The van der Waals surface area contributed by atoms with Crippen molar-refractivity contribution in [3.8, 4) is 0 Å². The predicted molar refractivity (Wildman–Crippen MR) is 107 cm³/mol. The second kappa shape index (κ2) is 7.87. The van der Waals surface area contributed by atoms with Crippen molar-refractivity contribution in [1.29, 1.82) is 0 Å². The second-order valence-electron chi connectivity index (χ2n) is 7.62. The zero-order valence-corrected chi connectivity index (χ0v) is 17.0. The molecule has 1 amide bonds. The minimum absolute atomic E-state index is 0.0439. The van der Waals surface area contributed by atoms with E-state index in [1.165, 1.54) is 24.3 Å². The normalized spacial score (nSPS) is 24.7. The molecule has 4 rings (SSSR count). The summed E-state index contributed by atoms with van der Waals surface area (Å²) in [5.41, 5.74) is 1.000. The number of hydrogen-bond donors (Lipinski definition) is 1. The number of halogens is 1. The van der Waals surface area contributed by atoms with Crippen LogP contribution >= 0.6 is 0 Å². The lowest BCUT2D eigenvalue weighted by atomic mass is 10.0. The number of amides is 1. The Bertz CT molecular complexity index is 958. The standard InChI is InChI=1S/C20H24FN3O4S/c1-13-18(14-4-6-15(21)7-5-14)29(26,27)23-19(13)24-10-8-16(9-11-24)22-20(25)17-3-2-12-28-17/h4-7,16-17H,2-3,8-12H2,1H3,(H,22,25)/t17-/m0/s1. The fourth-order valence-electron chi connectivity index (χ4n) is 4.10. The van der Waals surface area contributed by atoms with Crippen molar-refractivity contribution in [2.24, 2.45) is 4.40 Å². The van der Waals surface area contributed by atoms with Gasteiger partial charge >= 0.3 is 0 Å². The Morgan fingerprint density at radius 1 is 1.21 bits per heavy atom. The number of piperidine rings is 1. The van der Waals surface area contributed by atoms with E-state index in [2.05, 4.69) is 9.71 Å². The van der Waals surface area contributed by atoms with Gasteiger partial charge in [-0.25, -0.2) is 4.39 Å². The first-order chi connectivity index (χ1) is 13.8. The highest BCUT2D eigenvalue weighted by Gasteiger charge is 2.35. The molecule has 1 aromatic carbocycles. The summed E-state index contributed by atoms with van der Waals surface area (Å²) in [4.78, 5) is 14.3. The highest BCUT2D eigenvalue weighted by atomic mass is 32.2. The Morgan fingerprint density at radius 3 is 2.52 bits per heavy atom. The smallest absolute Gasteiger partial charge is 0.285 e. The lowest BCUT2D eigenvalue weighted by Gasteiger charge is -2.34. The van der Waals surface area contributed by atoms with Crippen LogP contribution in [0, 0.1) is 5.82 Å². The maximum atomic E-state index is 13.2. The number of nitrogens with zero attached hydrogens (tertiary/aromatic N) is 2. The van der Waals surface area contributed by atoms with Crippen LogP contribution < -0.4 is 5.32 Å². The van der Waals surface area contributed by atoms with Crippen molar-refractivity contribution >= 4 is 26.7 Å². The van der Waals surface area contributed by atoms with Gasteiger partial charge in [-0.3, -0.25) is 4.79 Å². The van der Waals surface area contributed by atoms with Gasteiger partial charge in [0.05, 0.1) is 0 Å². The van der Waals surface area contributed by atoms with Crippen LogP contribution in [-0.2, 0) is 19.6 Å². The molecule has 3 heterocycles. The number of ether oxygens (including phenoxy) is 1. The van der Waals surface area contributed by atoms with Gasteiger partial charge in [-0.1, -0.05) is 12.1 Å². The quantitative estimate of drug-likeness (QED) is 0.807. The summed E-state index contributed by atoms with van der Waals surface area (Å²) < 4.78 is 47.9. The van der Waals surface area contributed by atoms with Gasteiger partial charge in [0.25, 0.3) is 10.0 Å². The average molecular weight is 421 g/mol. The Balaban J connectivity index is 1.44. The highest BCUT2D eigenvalue weighted by molar-refractivity contribution is 8.00. The molecule has 9 heteroatoms. The molecule has 0 spiro atoms. The number of benzene rings is 1. The van der Waals surface area contributed by atoms with Crippen molar-refractivity contribution in [2.45, 2.75) is 44.8 Å². The molecule has 0 aromatic heterocycles. The molecule has 0 bridgehead atoms. The number of sulfonamides is 1. The van der Waals surface area contributed by atoms with E-state index in [0.717, 1.165) is 12.8 Å². The molecule has 1 aromatic rings. The Morgan fingerprint density at radius 2 is 1.90 bits per heavy atom. The van der Waals surface area contributed by atoms with Gasteiger partial charge in [-0.15, -0.1) is 4.40 Å².